The molecule has 6 nitrogen and oxygen atoms in total. The molecule has 2 heterocycles. The molecule has 1 saturated heterocycles. The van der Waals surface area contributed by atoms with E-state index in [0.29, 0.717) is 25.8 Å². The predicted molar refractivity (Wildman–Crippen MR) is 105 cm³/mol. The van der Waals surface area contributed by atoms with E-state index >= 15 is 0 Å². The van der Waals surface area contributed by atoms with E-state index in [-0.39, 0.29) is 12.5 Å². The standard InChI is InChI=1S/C21H27N3O3/c1-2-26-21(25)15-22-14-17-8-10-19(11-9-17)27-16-18-6-5-13-24(18)20-7-3-4-12-23-20/h3-4,7-12,18,22H,2,5-6,13-16H2,1H3. The van der Waals surface area contributed by atoms with E-state index in [2.05, 4.69) is 21.3 Å². The van der Waals surface area contributed by atoms with E-state index in [0.717, 1.165) is 36.5 Å². The van der Waals surface area contributed by atoms with E-state index in [1.54, 1.807) is 6.92 Å². The normalized spacial score (nSPS) is 16.3. The van der Waals surface area contributed by atoms with E-state index in [1.807, 2.05) is 42.6 Å². The van der Waals surface area contributed by atoms with E-state index in [1.165, 1.54) is 0 Å². The Morgan fingerprint density at radius 3 is 2.85 bits per heavy atom. The first-order chi connectivity index (χ1) is 13.3. The van der Waals surface area contributed by atoms with E-state index in [9.17, 15) is 4.79 Å². The lowest BCUT2D eigenvalue weighted by Crippen LogP contribution is -2.34. The maximum Gasteiger partial charge on any atom is 0.319 e. The number of rotatable bonds is 9. The van der Waals surface area contributed by atoms with Crippen LogP contribution in [-0.2, 0) is 16.1 Å². The van der Waals surface area contributed by atoms with Gasteiger partial charge < -0.3 is 19.7 Å². The van der Waals surface area contributed by atoms with Gasteiger partial charge in [-0.25, -0.2) is 4.98 Å². The fourth-order valence-electron chi connectivity index (χ4n) is 3.25. The Balaban J connectivity index is 1.45. The maximum absolute atomic E-state index is 11.3. The first kappa shape index (κ1) is 19.2. The van der Waals surface area contributed by atoms with Gasteiger partial charge in [-0.05, 0) is 49.6 Å². The second-order valence-electron chi connectivity index (χ2n) is 6.54. The van der Waals surface area contributed by atoms with Crippen molar-refractivity contribution >= 4 is 11.8 Å². The van der Waals surface area contributed by atoms with Crippen LogP contribution in [0, 0.1) is 0 Å². The quantitative estimate of drug-likeness (QED) is 0.686. The lowest BCUT2D eigenvalue weighted by molar-refractivity contribution is -0.142. The average Bonchev–Trinajstić information content (AvgIpc) is 3.17. The van der Waals surface area contributed by atoms with Crippen LogP contribution in [0.2, 0.25) is 0 Å². The summed E-state index contributed by atoms with van der Waals surface area (Å²) >= 11 is 0. The van der Waals surface area contributed by atoms with Crippen LogP contribution in [0.1, 0.15) is 25.3 Å². The molecule has 144 valence electrons. The number of esters is 1. The van der Waals surface area contributed by atoms with Crippen LogP contribution in [0.5, 0.6) is 5.75 Å². The van der Waals surface area contributed by atoms with E-state index in [4.69, 9.17) is 9.47 Å². The number of benzene rings is 1. The van der Waals surface area contributed by atoms with Crippen LogP contribution in [0.3, 0.4) is 0 Å². The third-order valence-corrected chi connectivity index (χ3v) is 4.59. The molecule has 0 saturated carbocycles. The molecule has 1 fully saturated rings. The highest BCUT2D eigenvalue weighted by molar-refractivity contribution is 5.71. The number of ether oxygens (including phenoxy) is 2. The highest BCUT2D eigenvalue weighted by atomic mass is 16.5. The van der Waals surface area contributed by atoms with Crippen LogP contribution in [0.4, 0.5) is 5.82 Å². The Morgan fingerprint density at radius 2 is 2.11 bits per heavy atom. The topological polar surface area (TPSA) is 63.7 Å². The zero-order chi connectivity index (χ0) is 18.9. The summed E-state index contributed by atoms with van der Waals surface area (Å²) in [6.07, 6.45) is 4.11. The minimum Gasteiger partial charge on any atom is -0.491 e. The summed E-state index contributed by atoms with van der Waals surface area (Å²) in [5, 5.41) is 3.08. The molecule has 0 bridgehead atoms. The summed E-state index contributed by atoms with van der Waals surface area (Å²) in [4.78, 5) is 18.1. The fourth-order valence-corrected chi connectivity index (χ4v) is 3.25. The van der Waals surface area contributed by atoms with Gasteiger partial charge in [-0.2, -0.15) is 0 Å². The van der Waals surface area contributed by atoms with Crippen molar-refractivity contribution in [3.05, 3.63) is 54.2 Å². The molecule has 1 atom stereocenters. The smallest absolute Gasteiger partial charge is 0.319 e. The summed E-state index contributed by atoms with van der Waals surface area (Å²) < 4.78 is 10.9. The van der Waals surface area contributed by atoms with Gasteiger partial charge in [0, 0.05) is 19.3 Å². The van der Waals surface area contributed by atoms with Crippen molar-refractivity contribution in [1.82, 2.24) is 10.3 Å². The van der Waals surface area contributed by atoms with Crippen LogP contribution < -0.4 is 15.0 Å². The first-order valence-electron chi connectivity index (χ1n) is 9.52. The molecular formula is C21H27N3O3. The van der Waals surface area contributed by atoms with Crippen molar-refractivity contribution in [2.75, 3.05) is 31.2 Å². The Bertz CT molecular complexity index is 706. The molecule has 1 N–H and O–H groups in total. The molecule has 0 amide bonds. The van der Waals surface area contributed by atoms with Gasteiger partial charge in [0.05, 0.1) is 19.2 Å². The van der Waals surface area contributed by atoms with Crippen molar-refractivity contribution in [3.63, 3.8) is 0 Å². The lowest BCUT2D eigenvalue weighted by Gasteiger charge is -2.25. The second kappa shape index (κ2) is 9.92. The van der Waals surface area contributed by atoms with Crippen LogP contribution in [0.15, 0.2) is 48.7 Å². The number of carbonyl (C=O) groups excluding carboxylic acids is 1. The van der Waals surface area contributed by atoms with Crippen LogP contribution >= 0.6 is 0 Å². The molecule has 0 radical (unpaired) electrons. The molecule has 2 aromatic rings. The van der Waals surface area contributed by atoms with Crippen molar-refractivity contribution in [3.8, 4) is 5.75 Å². The van der Waals surface area contributed by atoms with Crippen molar-refractivity contribution in [1.29, 1.82) is 0 Å². The number of nitrogens with zero attached hydrogens (tertiary/aromatic N) is 2. The minimum atomic E-state index is -0.230. The molecular weight excluding hydrogens is 342 g/mol. The van der Waals surface area contributed by atoms with Gasteiger partial charge in [-0.3, -0.25) is 4.79 Å². The molecule has 1 aromatic heterocycles. The average molecular weight is 369 g/mol. The second-order valence-corrected chi connectivity index (χ2v) is 6.54. The van der Waals surface area contributed by atoms with Gasteiger partial charge in [0.25, 0.3) is 0 Å². The highest BCUT2D eigenvalue weighted by Gasteiger charge is 2.26. The van der Waals surface area contributed by atoms with Gasteiger partial charge in [-0.15, -0.1) is 0 Å². The molecule has 1 aliphatic rings. The molecule has 3 rings (SSSR count). The van der Waals surface area contributed by atoms with Gasteiger partial charge in [0.15, 0.2) is 0 Å². The van der Waals surface area contributed by atoms with Gasteiger partial charge in [0.1, 0.15) is 18.2 Å². The fraction of sp³-hybridized carbons (Fsp3) is 0.429. The minimum absolute atomic E-state index is 0.219. The molecule has 1 unspecified atom stereocenters. The van der Waals surface area contributed by atoms with Gasteiger partial charge in [0.2, 0.25) is 0 Å². The maximum atomic E-state index is 11.3. The Hall–Kier alpha value is -2.60. The third-order valence-electron chi connectivity index (χ3n) is 4.59. The summed E-state index contributed by atoms with van der Waals surface area (Å²) in [5.41, 5.74) is 1.10. The number of aromatic nitrogens is 1. The number of hydrogen-bond donors (Lipinski definition) is 1. The van der Waals surface area contributed by atoms with Gasteiger partial charge >= 0.3 is 5.97 Å². The van der Waals surface area contributed by atoms with Crippen molar-refractivity contribution in [2.24, 2.45) is 0 Å². The zero-order valence-corrected chi connectivity index (χ0v) is 15.8. The zero-order valence-electron chi connectivity index (χ0n) is 15.8. The SMILES string of the molecule is CCOC(=O)CNCc1ccc(OCC2CCCN2c2ccccn2)cc1. The largest absolute Gasteiger partial charge is 0.491 e. The number of pyridine rings is 1. The van der Waals surface area contributed by atoms with E-state index < -0.39 is 0 Å². The lowest BCUT2D eigenvalue weighted by atomic mass is 10.2. The van der Waals surface area contributed by atoms with Crippen molar-refractivity contribution < 1.29 is 14.3 Å². The third kappa shape index (κ3) is 5.69. The van der Waals surface area contributed by atoms with Crippen LogP contribution in [0.25, 0.3) is 0 Å². The number of carbonyl (C=O) groups is 1. The molecule has 1 aliphatic heterocycles. The summed E-state index contributed by atoms with van der Waals surface area (Å²) in [6.45, 7) is 4.72. The molecule has 6 heteroatoms. The van der Waals surface area contributed by atoms with Crippen molar-refractivity contribution in [2.45, 2.75) is 32.4 Å². The molecule has 0 spiro atoms. The predicted octanol–water partition coefficient (Wildman–Crippen LogP) is 2.78. The molecule has 1 aromatic carbocycles. The monoisotopic (exact) mass is 369 g/mol. The molecule has 0 aliphatic carbocycles. The number of anilines is 1. The van der Waals surface area contributed by atoms with Gasteiger partial charge in [-0.1, -0.05) is 18.2 Å². The Morgan fingerprint density at radius 1 is 1.26 bits per heavy atom. The summed E-state index contributed by atoms with van der Waals surface area (Å²) in [7, 11) is 0. The van der Waals surface area contributed by atoms with Crippen LogP contribution in [-0.4, -0.2) is 43.3 Å². The Kier molecular flexibility index (Phi) is 7.04. The summed E-state index contributed by atoms with van der Waals surface area (Å²) in [5.74, 6) is 1.65. The molecule has 27 heavy (non-hydrogen) atoms. The highest BCUT2D eigenvalue weighted by Crippen LogP contribution is 2.24. The number of nitrogens with one attached hydrogen (secondary N) is 1. The number of hydrogen-bond acceptors (Lipinski definition) is 6. The summed E-state index contributed by atoms with van der Waals surface area (Å²) in [6, 6.07) is 14.3. The Labute approximate surface area is 160 Å². The first-order valence-corrected chi connectivity index (χ1v) is 9.52.